The summed E-state index contributed by atoms with van der Waals surface area (Å²) >= 11 is 0.947. The maximum absolute atomic E-state index is 13.0. The standard InChI is InChI=1S/C17H19FN4O3S/c18-14-1-3-15(4-2-14)21-9-7-20(8-10-21)6-5-19-17(23)13-11-16(22(24)25)26-12-13/h1-4,11-12H,5-10H2,(H,19,23). The van der Waals surface area contributed by atoms with E-state index in [1.54, 1.807) is 12.1 Å². The molecule has 0 bridgehead atoms. The molecule has 0 spiro atoms. The van der Waals surface area contributed by atoms with Crippen LogP contribution in [0, 0.1) is 15.9 Å². The number of thiophene rings is 1. The van der Waals surface area contributed by atoms with E-state index in [9.17, 15) is 19.3 Å². The molecule has 26 heavy (non-hydrogen) atoms. The zero-order valence-electron chi connectivity index (χ0n) is 14.1. The summed E-state index contributed by atoms with van der Waals surface area (Å²) in [6.45, 7) is 4.61. The number of rotatable bonds is 6. The van der Waals surface area contributed by atoms with Crippen molar-refractivity contribution < 1.29 is 14.1 Å². The molecule has 1 fully saturated rings. The molecule has 7 nitrogen and oxygen atoms in total. The van der Waals surface area contributed by atoms with Crippen molar-refractivity contribution in [2.75, 3.05) is 44.2 Å². The maximum atomic E-state index is 13.0. The topological polar surface area (TPSA) is 78.7 Å². The molecule has 9 heteroatoms. The van der Waals surface area contributed by atoms with E-state index in [1.807, 2.05) is 0 Å². The monoisotopic (exact) mass is 378 g/mol. The number of nitrogens with one attached hydrogen (secondary N) is 1. The lowest BCUT2D eigenvalue weighted by Gasteiger charge is -2.36. The number of piperazine rings is 1. The summed E-state index contributed by atoms with van der Waals surface area (Å²) in [7, 11) is 0. The van der Waals surface area contributed by atoms with Gasteiger partial charge >= 0.3 is 5.00 Å². The van der Waals surface area contributed by atoms with Crippen LogP contribution < -0.4 is 10.2 Å². The summed E-state index contributed by atoms with van der Waals surface area (Å²) in [5.74, 6) is -0.529. The molecule has 0 unspecified atom stereocenters. The van der Waals surface area contributed by atoms with Crippen LogP contribution in [0.4, 0.5) is 15.1 Å². The minimum atomic E-state index is -0.498. The van der Waals surface area contributed by atoms with Gasteiger partial charge in [-0.15, -0.1) is 0 Å². The molecule has 0 aliphatic carbocycles. The van der Waals surface area contributed by atoms with Gasteiger partial charge in [-0.3, -0.25) is 19.8 Å². The molecule has 1 amide bonds. The van der Waals surface area contributed by atoms with Crippen LogP contribution in [0.15, 0.2) is 35.7 Å². The fraction of sp³-hybridized carbons (Fsp3) is 0.353. The first-order valence-corrected chi connectivity index (χ1v) is 9.15. The van der Waals surface area contributed by atoms with Gasteiger partial charge in [0.15, 0.2) is 0 Å². The molecular weight excluding hydrogens is 359 g/mol. The van der Waals surface area contributed by atoms with Crippen LogP contribution in [0.5, 0.6) is 0 Å². The van der Waals surface area contributed by atoms with E-state index in [-0.39, 0.29) is 16.7 Å². The van der Waals surface area contributed by atoms with Gasteiger partial charge in [-0.05, 0) is 24.3 Å². The van der Waals surface area contributed by atoms with Gasteiger partial charge in [-0.2, -0.15) is 0 Å². The van der Waals surface area contributed by atoms with Crippen molar-refractivity contribution in [3.8, 4) is 0 Å². The van der Waals surface area contributed by atoms with E-state index in [1.165, 1.54) is 23.6 Å². The highest BCUT2D eigenvalue weighted by molar-refractivity contribution is 7.13. The lowest BCUT2D eigenvalue weighted by atomic mass is 10.2. The Morgan fingerprint density at radius 1 is 1.23 bits per heavy atom. The SMILES string of the molecule is O=C(NCCN1CCN(c2ccc(F)cc2)CC1)c1csc([N+](=O)[O-])c1. The number of carbonyl (C=O) groups is 1. The molecule has 1 N–H and O–H groups in total. The fourth-order valence-corrected chi connectivity index (χ4v) is 3.55. The predicted molar refractivity (Wildman–Crippen MR) is 98.4 cm³/mol. The average molecular weight is 378 g/mol. The molecule has 2 aromatic rings. The molecule has 1 aromatic heterocycles. The lowest BCUT2D eigenvalue weighted by Crippen LogP contribution is -2.48. The molecule has 0 radical (unpaired) electrons. The number of carbonyl (C=O) groups excluding carboxylic acids is 1. The van der Waals surface area contributed by atoms with Crippen LogP contribution in [0.1, 0.15) is 10.4 Å². The molecule has 1 saturated heterocycles. The Bertz CT molecular complexity index is 773. The number of hydrogen-bond acceptors (Lipinski definition) is 6. The second-order valence-corrected chi connectivity index (χ2v) is 6.88. The number of hydrogen-bond donors (Lipinski definition) is 1. The molecule has 2 heterocycles. The number of anilines is 1. The smallest absolute Gasteiger partial charge is 0.324 e. The largest absolute Gasteiger partial charge is 0.369 e. The van der Waals surface area contributed by atoms with Crippen molar-refractivity contribution in [3.05, 3.63) is 57.2 Å². The molecule has 3 rings (SSSR count). The van der Waals surface area contributed by atoms with E-state index < -0.39 is 4.92 Å². The zero-order chi connectivity index (χ0) is 18.5. The fourth-order valence-electron chi connectivity index (χ4n) is 2.85. The number of nitrogens with zero attached hydrogens (tertiary/aromatic N) is 3. The van der Waals surface area contributed by atoms with Gasteiger partial charge in [0, 0.05) is 56.4 Å². The summed E-state index contributed by atoms with van der Waals surface area (Å²) < 4.78 is 13.0. The van der Waals surface area contributed by atoms with Crippen molar-refractivity contribution in [2.24, 2.45) is 0 Å². The Labute approximate surface area is 154 Å². The van der Waals surface area contributed by atoms with E-state index in [4.69, 9.17) is 0 Å². The Balaban J connectivity index is 1.40. The Morgan fingerprint density at radius 2 is 1.92 bits per heavy atom. The Hall–Kier alpha value is -2.52. The highest BCUT2D eigenvalue weighted by atomic mass is 32.1. The first-order chi connectivity index (χ1) is 12.5. The first kappa shape index (κ1) is 18.3. The quantitative estimate of drug-likeness (QED) is 0.617. The van der Waals surface area contributed by atoms with Crippen LogP contribution >= 0.6 is 11.3 Å². The summed E-state index contributed by atoms with van der Waals surface area (Å²) in [5.41, 5.74) is 1.33. The van der Waals surface area contributed by atoms with Gasteiger partial charge < -0.3 is 10.2 Å². The second kappa shape index (κ2) is 8.24. The van der Waals surface area contributed by atoms with Crippen LogP contribution in [-0.4, -0.2) is 55.0 Å². The number of nitro groups is 1. The number of halogens is 1. The van der Waals surface area contributed by atoms with Crippen molar-refractivity contribution in [3.63, 3.8) is 0 Å². The van der Waals surface area contributed by atoms with Gasteiger partial charge in [0.05, 0.1) is 10.5 Å². The summed E-state index contributed by atoms with van der Waals surface area (Å²) in [6, 6.07) is 7.79. The van der Waals surface area contributed by atoms with E-state index >= 15 is 0 Å². The van der Waals surface area contributed by atoms with E-state index in [0.29, 0.717) is 12.1 Å². The normalized spacial score (nSPS) is 15.0. The number of benzene rings is 1. The molecule has 1 aromatic carbocycles. The molecule has 1 aliphatic rings. The lowest BCUT2D eigenvalue weighted by molar-refractivity contribution is -0.380. The van der Waals surface area contributed by atoms with Crippen LogP contribution in [0.25, 0.3) is 0 Å². The van der Waals surface area contributed by atoms with Crippen molar-refractivity contribution in [1.82, 2.24) is 10.2 Å². The van der Waals surface area contributed by atoms with Crippen molar-refractivity contribution >= 4 is 27.9 Å². The van der Waals surface area contributed by atoms with Crippen LogP contribution in [0.3, 0.4) is 0 Å². The molecule has 0 saturated carbocycles. The third kappa shape index (κ3) is 4.55. The van der Waals surface area contributed by atoms with Crippen LogP contribution in [-0.2, 0) is 0 Å². The Kier molecular flexibility index (Phi) is 5.79. The van der Waals surface area contributed by atoms with Gasteiger partial charge in [0.2, 0.25) is 0 Å². The van der Waals surface area contributed by atoms with Crippen LogP contribution in [0.2, 0.25) is 0 Å². The molecule has 138 valence electrons. The Morgan fingerprint density at radius 3 is 2.54 bits per heavy atom. The van der Waals surface area contributed by atoms with Gasteiger partial charge in [-0.1, -0.05) is 11.3 Å². The van der Waals surface area contributed by atoms with Gasteiger partial charge in [0.25, 0.3) is 5.91 Å². The van der Waals surface area contributed by atoms with E-state index in [0.717, 1.165) is 49.7 Å². The second-order valence-electron chi connectivity index (χ2n) is 5.99. The summed E-state index contributed by atoms with van der Waals surface area (Å²) in [5, 5.41) is 14.9. The maximum Gasteiger partial charge on any atom is 0.324 e. The number of amides is 1. The minimum Gasteiger partial charge on any atom is -0.369 e. The summed E-state index contributed by atoms with van der Waals surface area (Å²) in [6.07, 6.45) is 0. The van der Waals surface area contributed by atoms with E-state index in [2.05, 4.69) is 15.1 Å². The molecule has 0 atom stereocenters. The minimum absolute atomic E-state index is 0.0351. The third-order valence-electron chi connectivity index (χ3n) is 4.31. The highest BCUT2D eigenvalue weighted by Gasteiger charge is 2.18. The first-order valence-electron chi connectivity index (χ1n) is 8.27. The predicted octanol–water partition coefficient (Wildman–Crippen LogP) is 2.35. The molecular formula is C17H19FN4O3S. The summed E-state index contributed by atoms with van der Waals surface area (Å²) in [4.78, 5) is 26.6. The highest BCUT2D eigenvalue weighted by Crippen LogP contribution is 2.22. The molecule has 1 aliphatic heterocycles. The van der Waals surface area contributed by atoms with Crippen molar-refractivity contribution in [2.45, 2.75) is 0 Å². The third-order valence-corrected chi connectivity index (χ3v) is 5.19. The van der Waals surface area contributed by atoms with Gasteiger partial charge in [-0.25, -0.2) is 4.39 Å². The van der Waals surface area contributed by atoms with Crippen molar-refractivity contribution in [1.29, 1.82) is 0 Å². The zero-order valence-corrected chi connectivity index (χ0v) is 14.9. The average Bonchev–Trinajstić information content (AvgIpc) is 3.14. The van der Waals surface area contributed by atoms with Gasteiger partial charge in [0.1, 0.15) is 5.82 Å².